The van der Waals surface area contributed by atoms with E-state index in [0.717, 1.165) is 12.8 Å². The molecule has 0 spiro atoms. The largest absolute Gasteiger partial charge is 0.505 e. The molecule has 1 N–H and O–H groups in total. The van der Waals surface area contributed by atoms with Gasteiger partial charge in [-0.3, -0.25) is 4.68 Å². The highest BCUT2D eigenvalue weighted by atomic mass is 16.5. The number of aromatic hydroxyl groups is 1. The van der Waals surface area contributed by atoms with Crippen LogP contribution in [0.4, 0.5) is 0 Å². The summed E-state index contributed by atoms with van der Waals surface area (Å²) in [6.45, 7) is 0. The number of hydrogen-bond acceptors (Lipinski definition) is 3. The van der Waals surface area contributed by atoms with Crippen LogP contribution in [0, 0.1) is 0 Å². The van der Waals surface area contributed by atoms with Crippen molar-refractivity contribution in [2.24, 2.45) is 0 Å². The van der Waals surface area contributed by atoms with Crippen LogP contribution in [0.2, 0.25) is 0 Å². The van der Waals surface area contributed by atoms with E-state index in [2.05, 4.69) is 5.10 Å². The Hall–Kier alpha value is -1.03. The van der Waals surface area contributed by atoms with Crippen LogP contribution in [-0.4, -0.2) is 28.1 Å². The molecule has 2 rings (SSSR count). The van der Waals surface area contributed by atoms with Gasteiger partial charge in [0, 0.05) is 7.11 Å². The van der Waals surface area contributed by atoms with Gasteiger partial charge in [-0.1, -0.05) is 0 Å². The molecule has 0 radical (unpaired) electrons. The molecule has 72 valence electrons. The zero-order valence-electron chi connectivity index (χ0n) is 7.68. The zero-order valence-corrected chi connectivity index (χ0v) is 7.68. The highest BCUT2D eigenvalue weighted by Crippen LogP contribution is 2.32. The Morgan fingerprint density at radius 1 is 1.62 bits per heavy atom. The van der Waals surface area contributed by atoms with Crippen molar-refractivity contribution in [1.82, 2.24) is 9.78 Å². The molecule has 1 saturated carbocycles. The molecule has 0 amide bonds. The van der Waals surface area contributed by atoms with Crippen LogP contribution in [0.3, 0.4) is 0 Å². The van der Waals surface area contributed by atoms with Gasteiger partial charge in [0.2, 0.25) is 0 Å². The average Bonchev–Trinajstić information content (AvgIpc) is 2.71. The van der Waals surface area contributed by atoms with Crippen LogP contribution in [0.15, 0.2) is 12.4 Å². The minimum atomic E-state index is 0.224. The normalized spacial score (nSPS) is 28.1. The molecule has 1 aromatic heterocycles. The number of aromatic nitrogens is 2. The van der Waals surface area contributed by atoms with Gasteiger partial charge in [0.1, 0.15) is 0 Å². The van der Waals surface area contributed by atoms with Crippen LogP contribution in [0.25, 0.3) is 0 Å². The van der Waals surface area contributed by atoms with Crippen molar-refractivity contribution in [1.29, 1.82) is 0 Å². The Labute approximate surface area is 77.1 Å². The highest BCUT2D eigenvalue weighted by molar-refractivity contribution is 5.09. The van der Waals surface area contributed by atoms with E-state index in [-0.39, 0.29) is 11.9 Å². The fourth-order valence-electron chi connectivity index (χ4n) is 1.99. The Bertz CT molecular complexity index is 285. The van der Waals surface area contributed by atoms with Gasteiger partial charge in [-0.05, 0) is 19.3 Å². The Balaban J connectivity index is 2.15. The predicted octanol–water partition coefficient (Wildman–Crippen LogP) is 1.33. The van der Waals surface area contributed by atoms with Gasteiger partial charge in [-0.15, -0.1) is 0 Å². The number of methoxy groups -OCH3 is 1. The van der Waals surface area contributed by atoms with Crippen LogP contribution >= 0.6 is 0 Å². The summed E-state index contributed by atoms with van der Waals surface area (Å²) in [7, 11) is 1.73. The number of hydrogen-bond donors (Lipinski definition) is 1. The Morgan fingerprint density at radius 2 is 2.46 bits per heavy atom. The van der Waals surface area contributed by atoms with Crippen LogP contribution in [0.1, 0.15) is 25.3 Å². The summed E-state index contributed by atoms with van der Waals surface area (Å²) in [5.41, 5.74) is 0. The average molecular weight is 182 g/mol. The SMILES string of the molecule is COC1CCCC1n1cc(O)cn1. The number of ether oxygens (including phenoxy) is 1. The molecule has 2 atom stereocenters. The van der Waals surface area contributed by atoms with Crippen molar-refractivity contribution < 1.29 is 9.84 Å². The molecule has 13 heavy (non-hydrogen) atoms. The maximum Gasteiger partial charge on any atom is 0.153 e. The minimum absolute atomic E-state index is 0.224. The predicted molar refractivity (Wildman–Crippen MR) is 47.6 cm³/mol. The van der Waals surface area contributed by atoms with Gasteiger partial charge in [0.15, 0.2) is 5.75 Å². The molecule has 0 aliphatic heterocycles. The van der Waals surface area contributed by atoms with Crippen LogP contribution < -0.4 is 0 Å². The van der Waals surface area contributed by atoms with E-state index < -0.39 is 0 Å². The lowest BCUT2D eigenvalue weighted by Gasteiger charge is -2.17. The first-order chi connectivity index (χ1) is 6.31. The summed E-state index contributed by atoms with van der Waals surface area (Å²) in [5, 5.41) is 13.2. The quantitative estimate of drug-likeness (QED) is 0.750. The van der Waals surface area contributed by atoms with Crippen LogP contribution in [-0.2, 0) is 4.74 Å². The van der Waals surface area contributed by atoms with E-state index in [1.54, 1.807) is 18.0 Å². The van der Waals surface area contributed by atoms with Gasteiger partial charge in [-0.2, -0.15) is 5.10 Å². The van der Waals surface area contributed by atoms with Crippen molar-refractivity contribution in [3.63, 3.8) is 0 Å². The second-order valence-electron chi connectivity index (χ2n) is 3.45. The minimum Gasteiger partial charge on any atom is -0.505 e. The zero-order chi connectivity index (χ0) is 9.26. The molecule has 1 aliphatic rings. The van der Waals surface area contributed by atoms with Crippen LogP contribution in [0.5, 0.6) is 5.75 Å². The van der Waals surface area contributed by atoms with E-state index in [0.29, 0.717) is 6.04 Å². The summed E-state index contributed by atoms with van der Waals surface area (Å²) < 4.78 is 7.15. The summed E-state index contributed by atoms with van der Waals surface area (Å²) in [5.74, 6) is 0.224. The van der Waals surface area contributed by atoms with E-state index >= 15 is 0 Å². The van der Waals surface area contributed by atoms with Gasteiger partial charge in [-0.25, -0.2) is 0 Å². The monoisotopic (exact) mass is 182 g/mol. The molecule has 1 aromatic rings. The Kier molecular flexibility index (Phi) is 2.22. The number of nitrogens with zero attached hydrogens (tertiary/aromatic N) is 2. The molecule has 2 unspecified atom stereocenters. The lowest BCUT2D eigenvalue weighted by atomic mass is 10.2. The molecule has 0 bridgehead atoms. The second kappa shape index (κ2) is 3.38. The van der Waals surface area contributed by atoms with Gasteiger partial charge >= 0.3 is 0 Å². The van der Waals surface area contributed by atoms with Gasteiger partial charge < -0.3 is 9.84 Å². The second-order valence-corrected chi connectivity index (χ2v) is 3.45. The summed E-state index contributed by atoms with van der Waals surface area (Å²) in [6, 6.07) is 0.297. The third-order valence-electron chi connectivity index (χ3n) is 2.65. The molecule has 4 nitrogen and oxygen atoms in total. The lowest BCUT2D eigenvalue weighted by Crippen LogP contribution is -2.20. The first kappa shape index (κ1) is 8.56. The summed E-state index contributed by atoms with van der Waals surface area (Å²) in [6.07, 6.45) is 6.71. The maximum absolute atomic E-state index is 9.15. The third-order valence-corrected chi connectivity index (χ3v) is 2.65. The van der Waals surface area contributed by atoms with E-state index in [9.17, 15) is 0 Å². The number of rotatable bonds is 2. The molecular weight excluding hydrogens is 168 g/mol. The fourth-order valence-corrected chi connectivity index (χ4v) is 1.99. The van der Waals surface area contributed by atoms with E-state index in [1.807, 2.05) is 0 Å². The molecule has 0 aromatic carbocycles. The van der Waals surface area contributed by atoms with Crippen molar-refractivity contribution in [3.8, 4) is 5.75 Å². The van der Waals surface area contributed by atoms with E-state index in [1.165, 1.54) is 12.6 Å². The van der Waals surface area contributed by atoms with Crippen molar-refractivity contribution >= 4 is 0 Å². The molecule has 0 saturated heterocycles. The molecule has 1 aliphatic carbocycles. The van der Waals surface area contributed by atoms with Gasteiger partial charge in [0.25, 0.3) is 0 Å². The van der Waals surface area contributed by atoms with Crippen molar-refractivity contribution in [2.75, 3.05) is 7.11 Å². The molecule has 1 heterocycles. The first-order valence-electron chi connectivity index (χ1n) is 4.57. The van der Waals surface area contributed by atoms with Crippen molar-refractivity contribution in [3.05, 3.63) is 12.4 Å². The van der Waals surface area contributed by atoms with E-state index in [4.69, 9.17) is 9.84 Å². The summed E-state index contributed by atoms with van der Waals surface area (Å²) >= 11 is 0. The third kappa shape index (κ3) is 1.54. The first-order valence-corrected chi connectivity index (χ1v) is 4.57. The highest BCUT2D eigenvalue weighted by Gasteiger charge is 2.29. The molecular formula is C9H14N2O2. The topological polar surface area (TPSA) is 47.3 Å². The lowest BCUT2D eigenvalue weighted by molar-refractivity contribution is 0.0708. The Morgan fingerprint density at radius 3 is 3.08 bits per heavy atom. The smallest absolute Gasteiger partial charge is 0.153 e. The van der Waals surface area contributed by atoms with Gasteiger partial charge in [0.05, 0.1) is 24.5 Å². The standard InChI is InChI=1S/C9H14N2O2/c1-13-9-4-2-3-8(9)11-6-7(12)5-10-11/h5-6,8-9,12H,2-4H2,1H3. The molecule has 1 fully saturated rings. The maximum atomic E-state index is 9.15. The van der Waals surface area contributed by atoms with Crippen molar-refractivity contribution in [2.45, 2.75) is 31.4 Å². The summed E-state index contributed by atoms with van der Waals surface area (Å²) in [4.78, 5) is 0. The fraction of sp³-hybridized carbons (Fsp3) is 0.667. The molecule has 4 heteroatoms.